The number of nitrogens with one attached hydrogen (secondary N) is 1. The summed E-state index contributed by atoms with van der Waals surface area (Å²) in [5, 5.41) is 3.51. The van der Waals surface area contributed by atoms with E-state index in [4.69, 9.17) is 4.99 Å². The highest BCUT2D eigenvalue weighted by molar-refractivity contribution is 14.0. The molecule has 0 atom stereocenters. The summed E-state index contributed by atoms with van der Waals surface area (Å²) in [4.78, 5) is 23.0. The van der Waals surface area contributed by atoms with Crippen LogP contribution in [0.3, 0.4) is 0 Å². The Morgan fingerprint density at radius 3 is 2.26 bits per heavy atom. The monoisotopic (exact) mass is 485 g/mol. The Balaban J connectivity index is 0.00000261. The lowest BCUT2D eigenvalue weighted by Gasteiger charge is -2.34. The summed E-state index contributed by atoms with van der Waals surface area (Å²) < 4.78 is 0. The molecular formula is C20H32IN5O. The second-order valence-electron chi connectivity index (χ2n) is 7.09. The first kappa shape index (κ1) is 21.9. The van der Waals surface area contributed by atoms with Gasteiger partial charge in [-0.25, -0.2) is 0 Å². The van der Waals surface area contributed by atoms with Gasteiger partial charge in [-0.3, -0.25) is 14.7 Å². The maximum atomic E-state index is 11.4. The minimum atomic E-state index is 0. The second-order valence-corrected chi connectivity index (χ2v) is 7.09. The molecule has 0 aromatic heterocycles. The molecule has 2 heterocycles. The van der Waals surface area contributed by atoms with Crippen molar-refractivity contribution in [3.05, 3.63) is 30.3 Å². The number of amides is 1. The Morgan fingerprint density at radius 1 is 0.963 bits per heavy atom. The molecule has 0 aliphatic carbocycles. The molecule has 150 valence electrons. The van der Waals surface area contributed by atoms with E-state index in [9.17, 15) is 4.79 Å². The van der Waals surface area contributed by atoms with Crippen molar-refractivity contribution >= 4 is 41.5 Å². The molecule has 1 aromatic carbocycles. The largest absolute Gasteiger partial charge is 0.343 e. The van der Waals surface area contributed by atoms with E-state index in [1.807, 2.05) is 23.1 Å². The standard InChI is InChI=1S/C20H31N5O.HI/c1-18(26)24-16-14-23(15-17-24)13-10-21-20(25-11-6-3-7-12-25)22-19-8-4-2-5-9-19;/h2,4-5,8-9H,3,6-7,10-17H2,1H3,(H,21,22);1H. The number of carbonyl (C=O) groups excluding carboxylic acids is 1. The molecule has 6 nitrogen and oxygen atoms in total. The minimum Gasteiger partial charge on any atom is -0.343 e. The van der Waals surface area contributed by atoms with Crippen LogP contribution in [0, 0.1) is 0 Å². The SMILES string of the molecule is CC(=O)N1CCN(CCN=C(Nc2ccccc2)N2CCCCC2)CC1.I. The molecule has 7 heteroatoms. The van der Waals surface area contributed by atoms with Crippen LogP contribution in [0.15, 0.2) is 35.3 Å². The minimum absolute atomic E-state index is 0. The van der Waals surface area contributed by atoms with E-state index in [2.05, 4.69) is 27.2 Å². The third kappa shape index (κ3) is 6.95. The average molecular weight is 485 g/mol. The molecule has 27 heavy (non-hydrogen) atoms. The van der Waals surface area contributed by atoms with E-state index in [-0.39, 0.29) is 29.9 Å². The molecule has 0 bridgehead atoms. The number of rotatable bonds is 4. The number of piperidine rings is 1. The molecule has 2 aliphatic rings. The fraction of sp³-hybridized carbons (Fsp3) is 0.600. The average Bonchev–Trinajstić information content (AvgIpc) is 2.69. The number of likely N-dealkylation sites (tertiary alicyclic amines) is 1. The van der Waals surface area contributed by atoms with Crippen molar-refractivity contribution in [2.45, 2.75) is 26.2 Å². The number of hydrogen-bond donors (Lipinski definition) is 1. The van der Waals surface area contributed by atoms with Crippen LogP contribution in [-0.4, -0.2) is 78.9 Å². The topological polar surface area (TPSA) is 51.2 Å². The van der Waals surface area contributed by atoms with E-state index in [1.165, 1.54) is 19.3 Å². The van der Waals surface area contributed by atoms with Gasteiger partial charge in [0.15, 0.2) is 5.96 Å². The third-order valence-electron chi connectivity index (χ3n) is 5.18. The van der Waals surface area contributed by atoms with Crippen molar-refractivity contribution < 1.29 is 4.79 Å². The summed E-state index contributed by atoms with van der Waals surface area (Å²) >= 11 is 0. The van der Waals surface area contributed by atoms with Crippen LogP contribution in [0.25, 0.3) is 0 Å². The highest BCUT2D eigenvalue weighted by Crippen LogP contribution is 2.12. The predicted molar refractivity (Wildman–Crippen MR) is 122 cm³/mol. The van der Waals surface area contributed by atoms with Gasteiger partial charge >= 0.3 is 0 Å². The number of piperazine rings is 1. The lowest BCUT2D eigenvalue weighted by Crippen LogP contribution is -2.48. The van der Waals surface area contributed by atoms with Crippen LogP contribution in [0.5, 0.6) is 0 Å². The summed E-state index contributed by atoms with van der Waals surface area (Å²) in [6.45, 7) is 9.10. The first-order valence-corrected chi connectivity index (χ1v) is 9.82. The Hall–Kier alpha value is -1.35. The smallest absolute Gasteiger partial charge is 0.219 e. The number of para-hydroxylation sites is 1. The van der Waals surface area contributed by atoms with Gasteiger partial charge in [0.2, 0.25) is 5.91 Å². The number of anilines is 1. The Bertz CT molecular complexity index is 596. The van der Waals surface area contributed by atoms with Crippen molar-refractivity contribution in [2.75, 3.05) is 57.7 Å². The highest BCUT2D eigenvalue weighted by Gasteiger charge is 2.19. The third-order valence-corrected chi connectivity index (χ3v) is 5.18. The molecule has 0 spiro atoms. The van der Waals surface area contributed by atoms with Crippen molar-refractivity contribution in [2.24, 2.45) is 4.99 Å². The summed E-state index contributed by atoms with van der Waals surface area (Å²) in [5.41, 5.74) is 1.09. The number of hydrogen-bond acceptors (Lipinski definition) is 3. The van der Waals surface area contributed by atoms with Crippen molar-refractivity contribution in [1.29, 1.82) is 0 Å². The molecule has 1 aromatic rings. The van der Waals surface area contributed by atoms with E-state index in [0.717, 1.165) is 64.0 Å². The molecular weight excluding hydrogens is 453 g/mol. The van der Waals surface area contributed by atoms with Crippen molar-refractivity contribution in [3.63, 3.8) is 0 Å². The number of aliphatic imine (C=N–C) groups is 1. The summed E-state index contributed by atoms with van der Waals surface area (Å²) in [5.74, 6) is 1.18. The fourth-order valence-corrected chi connectivity index (χ4v) is 3.56. The van der Waals surface area contributed by atoms with Crippen LogP contribution in [0.2, 0.25) is 0 Å². The predicted octanol–water partition coefficient (Wildman–Crippen LogP) is 2.72. The Kier molecular flexibility index (Phi) is 9.33. The molecule has 2 saturated heterocycles. The Labute approximate surface area is 180 Å². The fourth-order valence-electron chi connectivity index (χ4n) is 3.56. The van der Waals surface area contributed by atoms with Gasteiger partial charge in [0.05, 0.1) is 6.54 Å². The zero-order valence-corrected chi connectivity index (χ0v) is 18.6. The van der Waals surface area contributed by atoms with Crippen LogP contribution in [0.4, 0.5) is 5.69 Å². The summed E-state index contributed by atoms with van der Waals surface area (Å²) in [7, 11) is 0. The first-order chi connectivity index (χ1) is 12.7. The van der Waals surface area contributed by atoms with Crippen LogP contribution < -0.4 is 5.32 Å². The van der Waals surface area contributed by atoms with E-state index in [0.29, 0.717) is 0 Å². The van der Waals surface area contributed by atoms with Crippen molar-refractivity contribution in [1.82, 2.24) is 14.7 Å². The van der Waals surface area contributed by atoms with E-state index >= 15 is 0 Å². The number of guanidine groups is 1. The number of halogens is 1. The second kappa shape index (κ2) is 11.5. The zero-order chi connectivity index (χ0) is 18.2. The van der Waals surface area contributed by atoms with Gasteiger partial charge in [0, 0.05) is 58.4 Å². The van der Waals surface area contributed by atoms with Gasteiger partial charge in [-0.2, -0.15) is 0 Å². The van der Waals surface area contributed by atoms with Crippen LogP contribution >= 0.6 is 24.0 Å². The van der Waals surface area contributed by atoms with Gasteiger partial charge in [-0.05, 0) is 31.4 Å². The molecule has 0 radical (unpaired) electrons. The maximum Gasteiger partial charge on any atom is 0.219 e. The lowest BCUT2D eigenvalue weighted by molar-refractivity contribution is -0.130. The lowest BCUT2D eigenvalue weighted by atomic mass is 10.1. The van der Waals surface area contributed by atoms with Gasteiger partial charge in [-0.1, -0.05) is 18.2 Å². The van der Waals surface area contributed by atoms with Crippen molar-refractivity contribution in [3.8, 4) is 0 Å². The number of benzene rings is 1. The summed E-state index contributed by atoms with van der Waals surface area (Å²) in [6.07, 6.45) is 3.79. The van der Waals surface area contributed by atoms with Gasteiger partial charge in [-0.15, -0.1) is 24.0 Å². The molecule has 2 fully saturated rings. The molecule has 0 unspecified atom stereocenters. The first-order valence-electron chi connectivity index (χ1n) is 9.82. The number of carbonyl (C=O) groups is 1. The normalized spacial score (nSPS) is 18.8. The quantitative estimate of drug-likeness (QED) is 0.405. The van der Waals surface area contributed by atoms with E-state index in [1.54, 1.807) is 6.92 Å². The molecule has 0 saturated carbocycles. The molecule has 2 aliphatic heterocycles. The van der Waals surface area contributed by atoms with Gasteiger partial charge in [0.1, 0.15) is 0 Å². The molecule has 1 N–H and O–H groups in total. The van der Waals surface area contributed by atoms with Gasteiger partial charge in [0.25, 0.3) is 0 Å². The van der Waals surface area contributed by atoms with Gasteiger partial charge < -0.3 is 15.1 Å². The molecule has 3 rings (SSSR count). The number of nitrogens with zero attached hydrogens (tertiary/aromatic N) is 4. The van der Waals surface area contributed by atoms with Crippen LogP contribution in [0.1, 0.15) is 26.2 Å². The van der Waals surface area contributed by atoms with E-state index < -0.39 is 0 Å². The van der Waals surface area contributed by atoms with Crippen LogP contribution in [-0.2, 0) is 4.79 Å². The maximum absolute atomic E-state index is 11.4. The highest BCUT2D eigenvalue weighted by atomic mass is 127. The Morgan fingerprint density at radius 2 is 1.63 bits per heavy atom. The molecule has 1 amide bonds. The zero-order valence-electron chi connectivity index (χ0n) is 16.3. The summed E-state index contributed by atoms with van der Waals surface area (Å²) in [6, 6.07) is 10.3.